The van der Waals surface area contributed by atoms with Gasteiger partial charge in [-0.15, -0.1) is 22.0 Å². The summed E-state index contributed by atoms with van der Waals surface area (Å²) in [6, 6.07) is 12.4. The van der Waals surface area contributed by atoms with Crippen LogP contribution < -0.4 is 0 Å². The number of non-ortho nitro benzene ring substituents is 1. The summed E-state index contributed by atoms with van der Waals surface area (Å²) in [5.41, 5.74) is 3.11. The monoisotopic (exact) mass is 341 g/mol. The van der Waals surface area contributed by atoms with E-state index in [1.165, 1.54) is 28.2 Å². The first-order valence-corrected chi connectivity index (χ1v) is 8.29. The average molecular weight is 341 g/mol. The van der Waals surface area contributed by atoms with Crippen molar-refractivity contribution >= 4 is 17.4 Å². The van der Waals surface area contributed by atoms with Crippen molar-refractivity contribution < 1.29 is 9.34 Å². The minimum absolute atomic E-state index is 0.0315. The van der Waals surface area contributed by atoms with Crippen molar-refractivity contribution in [1.29, 1.82) is 0 Å². The van der Waals surface area contributed by atoms with Gasteiger partial charge in [0.2, 0.25) is 11.8 Å². The fraction of sp³-hybridized carbons (Fsp3) is 0.176. The summed E-state index contributed by atoms with van der Waals surface area (Å²) in [6.07, 6.45) is 0. The van der Waals surface area contributed by atoms with Crippen LogP contribution in [0.15, 0.2) is 51.8 Å². The molecule has 1 aromatic heterocycles. The van der Waals surface area contributed by atoms with Crippen LogP contribution in [0.5, 0.6) is 0 Å². The van der Waals surface area contributed by atoms with Crippen molar-refractivity contribution in [3.8, 4) is 11.5 Å². The topological polar surface area (TPSA) is 82.1 Å². The van der Waals surface area contributed by atoms with Gasteiger partial charge in [-0.3, -0.25) is 10.1 Å². The van der Waals surface area contributed by atoms with Crippen LogP contribution in [0.4, 0.5) is 5.69 Å². The number of rotatable bonds is 5. The molecule has 6 nitrogen and oxygen atoms in total. The number of aromatic nitrogens is 2. The third-order valence-electron chi connectivity index (χ3n) is 3.49. The van der Waals surface area contributed by atoms with Crippen molar-refractivity contribution in [3.63, 3.8) is 0 Å². The Bertz CT molecular complexity index is 875. The molecular weight excluding hydrogens is 326 g/mol. The van der Waals surface area contributed by atoms with Gasteiger partial charge in [0, 0.05) is 22.6 Å². The third kappa shape index (κ3) is 3.62. The largest absolute Gasteiger partial charge is 0.420 e. The first-order valence-electron chi connectivity index (χ1n) is 7.30. The summed E-state index contributed by atoms with van der Waals surface area (Å²) in [6.45, 7) is 4.13. The molecule has 0 amide bonds. The number of nitro groups is 1. The molecule has 0 aliphatic heterocycles. The zero-order chi connectivity index (χ0) is 17.1. The van der Waals surface area contributed by atoms with Gasteiger partial charge in [-0.25, -0.2) is 0 Å². The SMILES string of the molecule is Cc1ccc(C)c(SCc2nnc(-c3ccc([N+](=O)[O-])cc3)o2)c1. The summed E-state index contributed by atoms with van der Waals surface area (Å²) in [7, 11) is 0. The molecule has 1 heterocycles. The zero-order valence-corrected chi connectivity index (χ0v) is 14.0. The zero-order valence-electron chi connectivity index (χ0n) is 13.2. The van der Waals surface area contributed by atoms with Gasteiger partial charge < -0.3 is 4.42 Å². The van der Waals surface area contributed by atoms with E-state index in [-0.39, 0.29) is 5.69 Å². The summed E-state index contributed by atoms with van der Waals surface area (Å²) in [5, 5.41) is 18.7. The van der Waals surface area contributed by atoms with E-state index in [0.717, 1.165) is 0 Å². The molecule has 7 heteroatoms. The standard InChI is InChI=1S/C17H15N3O3S/c1-11-3-4-12(2)15(9-11)24-10-16-18-19-17(23-16)13-5-7-14(8-6-13)20(21)22/h3-9H,10H2,1-2H3. The van der Waals surface area contributed by atoms with Crippen LogP contribution in [0, 0.1) is 24.0 Å². The second kappa shape index (κ2) is 6.84. The lowest BCUT2D eigenvalue weighted by Gasteiger charge is -2.04. The Kier molecular flexibility index (Phi) is 4.61. The van der Waals surface area contributed by atoms with Crippen LogP contribution in [0.3, 0.4) is 0 Å². The lowest BCUT2D eigenvalue weighted by atomic mass is 10.2. The fourth-order valence-electron chi connectivity index (χ4n) is 2.16. The number of nitro benzene ring substituents is 1. The molecule has 3 rings (SSSR count). The molecule has 0 atom stereocenters. The number of hydrogen-bond acceptors (Lipinski definition) is 6. The molecule has 2 aromatic carbocycles. The van der Waals surface area contributed by atoms with E-state index in [1.54, 1.807) is 23.9 Å². The van der Waals surface area contributed by atoms with Crippen molar-refractivity contribution in [3.05, 3.63) is 69.6 Å². The second-order valence-corrected chi connectivity index (χ2v) is 6.38. The van der Waals surface area contributed by atoms with Crippen LogP contribution >= 0.6 is 11.8 Å². The van der Waals surface area contributed by atoms with Gasteiger partial charge in [0.15, 0.2) is 0 Å². The average Bonchev–Trinajstić information content (AvgIpc) is 3.05. The van der Waals surface area contributed by atoms with Crippen LogP contribution in [0.1, 0.15) is 17.0 Å². The van der Waals surface area contributed by atoms with Crippen LogP contribution in [0.25, 0.3) is 11.5 Å². The molecule has 0 saturated carbocycles. The van der Waals surface area contributed by atoms with Gasteiger partial charge in [0.25, 0.3) is 5.69 Å². The second-order valence-electron chi connectivity index (χ2n) is 5.36. The Morgan fingerprint density at radius 1 is 1.12 bits per heavy atom. The number of hydrogen-bond donors (Lipinski definition) is 0. The molecule has 0 N–H and O–H groups in total. The van der Waals surface area contributed by atoms with Gasteiger partial charge in [-0.05, 0) is 37.6 Å². The van der Waals surface area contributed by atoms with E-state index in [2.05, 4.69) is 42.2 Å². The molecule has 0 radical (unpaired) electrons. The minimum Gasteiger partial charge on any atom is -0.420 e. The molecule has 0 fully saturated rings. The lowest BCUT2D eigenvalue weighted by Crippen LogP contribution is -1.87. The molecule has 0 spiro atoms. The summed E-state index contributed by atoms with van der Waals surface area (Å²) >= 11 is 1.64. The highest BCUT2D eigenvalue weighted by atomic mass is 32.2. The Labute approximate surface area is 143 Å². The molecule has 0 aliphatic rings. The highest BCUT2D eigenvalue weighted by Crippen LogP contribution is 2.28. The Balaban J connectivity index is 1.71. The van der Waals surface area contributed by atoms with E-state index < -0.39 is 4.92 Å². The first kappa shape index (κ1) is 16.2. The molecule has 0 aliphatic carbocycles. The van der Waals surface area contributed by atoms with Crippen molar-refractivity contribution in [1.82, 2.24) is 10.2 Å². The molecule has 0 saturated heterocycles. The molecule has 3 aromatic rings. The quantitative estimate of drug-likeness (QED) is 0.384. The van der Waals surface area contributed by atoms with E-state index in [1.807, 2.05) is 0 Å². The maximum atomic E-state index is 10.7. The molecule has 122 valence electrons. The number of nitrogens with zero attached hydrogens (tertiary/aromatic N) is 3. The number of benzene rings is 2. The van der Waals surface area contributed by atoms with E-state index in [0.29, 0.717) is 23.1 Å². The van der Waals surface area contributed by atoms with E-state index in [9.17, 15) is 10.1 Å². The Morgan fingerprint density at radius 2 is 1.88 bits per heavy atom. The predicted octanol–water partition coefficient (Wildman–Crippen LogP) is 4.55. The predicted molar refractivity (Wildman–Crippen MR) is 91.9 cm³/mol. The molecule has 0 unspecified atom stereocenters. The highest BCUT2D eigenvalue weighted by Gasteiger charge is 2.12. The maximum absolute atomic E-state index is 10.7. The normalized spacial score (nSPS) is 10.8. The number of thioether (sulfide) groups is 1. The smallest absolute Gasteiger partial charge is 0.269 e. The van der Waals surface area contributed by atoms with Crippen LogP contribution in [-0.4, -0.2) is 15.1 Å². The fourth-order valence-corrected chi connectivity index (χ4v) is 3.12. The molecule has 24 heavy (non-hydrogen) atoms. The van der Waals surface area contributed by atoms with Crippen LogP contribution in [0.2, 0.25) is 0 Å². The van der Waals surface area contributed by atoms with E-state index in [4.69, 9.17) is 4.42 Å². The lowest BCUT2D eigenvalue weighted by molar-refractivity contribution is -0.384. The van der Waals surface area contributed by atoms with Gasteiger partial charge in [0.05, 0.1) is 10.7 Å². The summed E-state index contributed by atoms with van der Waals surface area (Å²) in [4.78, 5) is 11.4. The van der Waals surface area contributed by atoms with Crippen molar-refractivity contribution in [2.24, 2.45) is 0 Å². The third-order valence-corrected chi connectivity index (χ3v) is 4.63. The van der Waals surface area contributed by atoms with Gasteiger partial charge in [0.1, 0.15) is 0 Å². The maximum Gasteiger partial charge on any atom is 0.269 e. The highest BCUT2D eigenvalue weighted by molar-refractivity contribution is 7.98. The van der Waals surface area contributed by atoms with E-state index >= 15 is 0 Å². The summed E-state index contributed by atoms with van der Waals surface area (Å²) in [5.74, 6) is 1.46. The first-order chi connectivity index (χ1) is 11.5. The van der Waals surface area contributed by atoms with Gasteiger partial charge in [-0.2, -0.15) is 0 Å². The van der Waals surface area contributed by atoms with Crippen LogP contribution in [-0.2, 0) is 5.75 Å². The van der Waals surface area contributed by atoms with Crippen molar-refractivity contribution in [2.75, 3.05) is 0 Å². The minimum atomic E-state index is -0.441. The van der Waals surface area contributed by atoms with Gasteiger partial charge >= 0.3 is 0 Å². The Morgan fingerprint density at radius 3 is 2.58 bits per heavy atom. The van der Waals surface area contributed by atoms with Crippen molar-refractivity contribution in [2.45, 2.75) is 24.5 Å². The summed E-state index contributed by atoms with van der Waals surface area (Å²) < 4.78 is 5.65. The van der Waals surface area contributed by atoms with Gasteiger partial charge in [-0.1, -0.05) is 17.7 Å². The molecular formula is C17H15N3O3S. The number of aryl methyl sites for hydroxylation is 2. The Hall–Kier alpha value is -2.67. The molecule has 0 bridgehead atoms.